The van der Waals surface area contributed by atoms with Crippen molar-refractivity contribution in [2.75, 3.05) is 31.1 Å². The Labute approximate surface area is 223 Å². The number of benzene rings is 1. The van der Waals surface area contributed by atoms with Gasteiger partial charge in [0.15, 0.2) is 5.82 Å². The van der Waals surface area contributed by atoms with Crippen LogP contribution in [0.15, 0.2) is 43.1 Å². The number of rotatable bonds is 6. The molecule has 1 saturated heterocycles. The lowest BCUT2D eigenvalue weighted by Gasteiger charge is -2.40. The smallest absolute Gasteiger partial charge is 0.371 e. The Morgan fingerprint density at radius 3 is 2.74 bits per heavy atom. The molecule has 2 atom stereocenters. The number of hydrogen-bond donors (Lipinski definition) is 1. The van der Waals surface area contributed by atoms with E-state index in [1.165, 1.54) is 0 Å². The zero-order valence-corrected chi connectivity index (χ0v) is 21.6. The van der Waals surface area contributed by atoms with Gasteiger partial charge in [0.25, 0.3) is 5.91 Å². The quantitative estimate of drug-likeness (QED) is 0.378. The van der Waals surface area contributed by atoms with Crippen LogP contribution in [0.4, 0.5) is 18.9 Å². The molecule has 1 fully saturated rings. The number of nitrogens with one attached hydrogen (secondary N) is 1. The highest BCUT2D eigenvalue weighted by atomic mass is 19.4. The summed E-state index contributed by atoms with van der Waals surface area (Å²) in [6.45, 7) is 7.72. The molecule has 4 heterocycles. The molecule has 1 aromatic carbocycles. The van der Waals surface area contributed by atoms with Gasteiger partial charge in [0.05, 0.1) is 12.1 Å². The van der Waals surface area contributed by atoms with E-state index in [4.69, 9.17) is 0 Å². The molecule has 2 aliphatic rings. The highest BCUT2D eigenvalue weighted by molar-refractivity contribution is 6.00. The third kappa shape index (κ3) is 5.32. The summed E-state index contributed by atoms with van der Waals surface area (Å²) in [4.78, 5) is 34.2. The van der Waals surface area contributed by atoms with Crippen molar-refractivity contribution in [3.05, 3.63) is 60.3 Å². The lowest BCUT2D eigenvalue weighted by molar-refractivity contribution is -0.148. The average Bonchev–Trinajstić information content (AvgIpc) is 3.36. The van der Waals surface area contributed by atoms with Crippen molar-refractivity contribution in [1.82, 2.24) is 30.0 Å². The van der Waals surface area contributed by atoms with Crippen molar-refractivity contribution in [3.8, 4) is 0 Å². The van der Waals surface area contributed by atoms with Crippen molar-refractivity contribution in [1.29, 1.82) is 0 Å². The number of carbonyl (C=O) groups excluding carboxylic acids is 2. The van der Waals surface area contributed by atoms with E-state index in [0.717, 1.165) is 15.6 Å². The third-order valence-corrected chi connectivity index (χ3v) is 7.50. The SMILES string of the molecule is C=CCCNC(=O)c1ccc2c(N3CC[C@H](C(=O)N4CCn5c(nnc5C(F)(F)F)C4)[C@H](C)C3)ccnc2c1. The predicted molar refractivity (Wildman–Crippen MR) is 139 cm³/mol. The van der Waals surface area contributed by atoms with Gasteiger partial charge in [-0.15, -0.1) is 16.8 Å². The molecule has 0 radical (unpaired) electrons. The minimum Gasteiger partial charge on any atom is -0.371 e. The van der Waals surface area contributed by atoms with Crippen molar-refractivity contribution < 1.29 is 22.8 Å². The topological polar surface area (TPSA) is 96.2 Å². The highest BCUT2D eigenvalue weighted by Gasteiger charge is 2.41. The molecule has 0 saturated carbocycles. The molecule has 0 aliphatic carbocycles. The Kier molecular flexibility index (Phi) is 7.28. The number of anilines is 1. The lowest BCUT2D eigenvalue weighted by atomic mass is 9.85. The maximum absolute atomic E-state index is 13.4. The van der Waals surface area contributed by atoms with Crippen LogP contribution in [0.1, 0.15) is 41.8 Å². The molecule has 2 amide bonds. The van der Waals surface area contributed by atoms with E-state index in [-0.39, 0.29) is 49.1 Å². The van der Waals surface area contributed by atoms with Crippen molar-refractivity contribution in [2.24, 2.45) is 11.8 Å². The lowest BCUT2D eigenvalue weighted by Crippen LogP contribution is -2.49. The molecule has 3 aromatic rings. The fraction of sp³-hybridized carbons (Fsp3) is 0.444. The molecule has 206 valence electrons. The first-order valence-electron chi connectivity index (χ1n) is 13.0. The molecule has 12 heteroatoms. The van der Waals surface area contributed by atoms with Gasteiger partial charge in [-0.25, -0.2) is 0 Å². The number of halogens is 3. The fourth-order valence-electron chi connectivity index (χ4n) is 5.46. The minimum absolute atomic E-state index is 0.0212. The number of hydrogen-bond acceptors (Lipinski definition) is 6. The van der Waals surface area contributed by atoms with Gasteiger partial charge < -0.3 is 19.7 Å². The highest BCUT2D eigenvalue weighted by Crippen LogP contribution is 2.34. The van der Waals surface area contributed by atoms with Crippen LogP contribution in [0, 0.1) is 11.8 Å². The van der Waals surface area contributed by atoms with Crippen molar-refractivity contribution in [3.63, 3.8) is 0 Å². The van der Waals surface area contributed by atoms with Crippen LogP contribution in [-0.4, -0.2) is 62.6 Å². The van der Waals surface area contributed by atoms with Gasteiger partial charge in [-0.3, -0.25) is 14.6 Å². The van der Waals surface area contributed by atoms with Crippen LogP contribution in [0.3, 0.4) is 0 Å². The zero-order valence-electron chi connectivity index (χ0n) is 21.6. The number of amides is 2. The summed E-state index contributed by atoms with van der Waals surface area (Å²) in [5, 5.41) is 10.8. The Morgan fingerprint density at radius 1 is 1.18 bits per heavy atom. The van der Waals surface area contributed by atoms with Crippen molar-refractivity contribution >= 4 is 28.4 Å². The summed E-state index contributed by atoms with van der Waals surface area (Å²) in [5.74, 6) is -1.30. The van der Waals surface area contributed by atoms with E-state index < -0.39 is 12.0 Å². The maximum atomic E-state index is 13.4. The van der Waals surface area contributed by atoms with Crippen LogP contribution in [0.25, 0.3) is 10.9 Å². The first kappa shape index (κ1) is 26.6. The van der Waals surface area contributed by atoms with Gasteiger partial charge >= 0.3 is 6.18 Å². The molecule has 1 N–H and O–H groups in total. The van der Waals surface area contributed by atoms with Crippen LogP contribution < -0.4 is 10.2 Å². The number of alkyl halides is 3. The standard InChI is InChI=1S/C27H30F3N7O2/c1-3-4-9-32-24(38)18-5-6-20-21(14-18)31-10-7-22(20)35-11-8-19(17(2)15-35)25(39)36-12-13-37-23(16-36)33-34-26(37)27(28,29)30/h3,5-7,10,14,17,19H,1,4,8-9,11-13,15-16H2,2H3,(H,32,38)/t17-,19+/m1/s1. The molecular formula is C27H30F3N7O2. The Balaban J connectivity index is 1.26. The molecule has 9 nitrogen and oxygen atoms in total. The van der Waals surface area contributed by atoms with E-state index in [1.807, 2.05) is 19.1 Å². The van der Waals surface area contributed by atoms with Crippen LogP contribution in [0.5, 0.6) is 0 Å². The molecule has 0 spiro atoms. The molecule has 0 unspecified atom stereocenters. The first-order chi connectivity index (χ1) is 18.7. The summed E-state index contributed by atoms with van der Waals surface area (Å²) in [7, 11) is 0. The predicted octanol–water partition coefficient (Wildman–Crippen LogP) is 3.66. The normalized spacial score (nSPS) is 19.6. The largest absolute Gasteiger partial charge is 0.451 e. The molecular weight excluding hydrogens is 511 g/mol. The minimum atomic E-state index is -4.57. The van der Waals surface area contributed by atoms with E-state index in [0.29, 0.717) is 43.6 Å². The van der Waals surface area contributed by atoms with Gasteiger partial charge in [-0.05, 0) is 43.0 Å². The molecule has 39 heavy (non-hydrogen) atoms. The van der Waals surface area contributed by atoms with E-state index in [2.05, 4.69) is 32.0 Å². The van der Waals surface area contributed by atoms with Crippen LogP contribution in [0.2, 0.25) is 0 Å². The number of nitrogens with zero attached hydrogens (tertiary/aromatic N) is 6. The Morgan fingerprint density at radius 2 is 2.00 bits per heavy atom. The summed E-state index contributed by atoms with van der Waals surface area (Å²) in [5.41, 5.74) is 2.24. The zero-order chi connectivity index (χ0) is 27.7. The average molecular weight is 542 g/mol. The number of fused-ring (bicyclic) bond motifs is 2. The van der Waals surface area contributed by atoms with Gasteiger partial charge in [-0.2, -0.15) is 13.2 Å². The summed E-state index contributed by atoms with van der Waals surface area (Å²) in [6, 6.07) is 7.41. The fourth-order valence-corrected chi connectivity index (χ4v) is 5.46. The second kappa shape index (κ2) is 10.7. The van der Waals surface area contributed by atoms with E-state index in [1.54, 1.807) is 29.3 Å². The number of pyridine rings is 1. The Hall–Kier alpha value is -3.96. The van der Waals surface area contributed by atoms with Gasteiger partial charge in [-0.1, -0.05) is 13.0 Å². The monoisotopic (exact) mass is 541 g/mol. The van der Waals surface area contributed by atoms with E-state index >= 15 is 0 Å². The molecule has 5 rings (SSSR count). The molecule has 2 aliphatic heterocycles. The first-order valence-corrected chi connectivity index (χ1v) is 13.0. The molecule has 0 bridgehead atoms. The second-order valence-corrected chi connectivity index (χ2v) is 10.1. The molecule has 2 aromatic heterocycles. The number of piperidine rings is 1. The van der Waals surface area contributed by atoms with Crippen molar-refractivity contribution in [2.45, 2.75) is 39.0 Å². The number of carbonyl (C=O) groups is 2. The van der Waals surface area contributed by atoms with Gasteiger partial charge in [0.1, 0.15) is 0 Å². The second-order valence-electron chi connectivity index (χ2n) is 10.1. The summed E-state index contributed by atoms with van der Waals surface area (Å²) < 4.78 is 40.5. The van der Waals surface area contributed by atoms with E-state index in [9.17, 15) is 22.8 Å². The summed E-state index contributed by atoms with van der Waals surface area (Å²) in [6.07, 6.45) is 0.202. The van der Waals surface area contributed by atoms with Gasteiger partial charge in [0, 0.05) is 61.5 Å². The van der Waals surface area contributed by atoms with Gasteiger partial charge in [0.2, 0.25) is 11.7 Å². The number of aromatic nitrogens is 4. The van der Waals surface area contributed by atoms with Crippen LogP contribution >= 0.6 is 0 Å². The summed E-state index contributed by atoms with van der Waals surface area (Å²) >= 11 is 0. The third-order valence-electron chi connectivity index (χ3n) is 7.50. The van der Waals surface area contributed by atoms with Crippen LogP contribution in [-0.2, 0) is 24.1 Å². The Bertz CT molecular complexity index is 1400. The maximum Gasteiger partial charge on any atom is 0.451 e.